The fourth-order valence-corrected chi connectivity index (χ4v) is 0.0778. The van der Waals surface area contributed by atoms with Crippen molar-refractivity contribution >= 4 is 23.1 Å². The summed E-state index contributed by atoms with van der Waals surface area (Å²) < 4.78 is 0. The Kier molecular flexibility index (Phi) is 12.8. The van der Waals surface area contributed by atoms with Crippen LogP contribution in [0.4, 0.5) is 0 Å². The van der Waals surface area contributed by atoms with Gasteiger partial charge in [0.1, 0.15) is 0 Å². The topological polar surface area (TPSA) is 0 Å². The second-order valence-electron chi connectivity index (χ2n) is 0.577. The minimum Gasteiger partial charge on any atom is -0.394 e. The van der Waals surface area contributed by atoms with Crippen molar-refractivity contribution in [3.8, 4) is 5.92 Å². The van der Waals surface area contributed by atoms with Gasteiger partial charge in [-0.15, -0.1) is 0 Å². The van der Waals surface area contributed by atoms with E-state index >= 15 is 0 Å². The first-order chi connectivity index (χ1) is 2.91. The smallest absolute Gasteiger partial charge is 0.394 e. The molecule has 0 saturated heterocycles. The predicted molar refractivity (Wildman–Crippen MR) is 28.8 cm³/mol. The van der Waals surface area contributed by atoms with Gasteiger partial charge in [-0.1, -0.05) is 0 Å². The fraction of sp³-hybridized carbons (Fsp3) is 0. The SMILES string of the molecule is [C-]#CC=C=C=[CH-].[Mg+2]. The maximum absolute atomic E-state index is 6.24. The van der Waals surface area contributed by atoms with Crippen LogP contribution in [0.25, 0.3) is 0 Å². The Labute approximate surface area is 59.8 Å². The van der Waals surface area contributed by atoms with Gasteiger partial charge in [0.15, 0.2) is 0 Å². The molecule has 0 aliphatic heterocycles. The van der Waals surface area contributed by atoms with Crippen molar-refractivity contribution in [1.82, 2.24) is 0 Å². The first-order valence-corrected chi connectivity index (χ1v) is 1.37. The normalized spacial score (nSPS) is 3.29. The van der Waals surface area contributed by atoms with Gasteiger partial charge in [-0.2, -0.15) is 0 Å². The van der Waals surface area contributed by atoms with Gasteiger partial charge in [-0.05, 0) is 0 Å². The predicted octanol–water partition coefficient (Wildman–Crippen LogP) is 0.495. The zero-order chi connectivity index (χ0) is 4.83. The van der Waals surface area contributed by atoms with Crippen LogP contribution in [0.5, 0.6) is 0 Å². The van der Waals surface area contributed by atoms with Crippen molar-refractivity contribution in [3.05, 3.63) is 30.5 Å². The average molecular weight is 98.4 g/mol. The molecule has 0 aliphatic rings. The van der Waals surface area contributed by atoms with E-state index in [9.17, 15) is 0 Å². The van der Waals surface area contributed by atoms with Crippen LogP contribution in [0, 0.1) is 18.9 Å². The summed E-state index contributed by atoms with van der Waals surface area (Å²) in [4.78, 5) is 0. The molecule has 0 aromatic rings. The third-order valence-electron chi connectivity index (χ3n) is 0.228. The van der Waals surface area contributed by atoms with Gasteiger partial charge in [-0.3, -0.25) is 0 Å². The van der Waals surface area contributed by atoms with Crippen LogP contribution in [0.15, 0.2) is 17.5 Å². The molecule has 0 saturated carbocycles. The summed E-state index contributed by atoms with van der Waals surface area (Å²) in [7, 11) is 0. The van der Waals surface area contributed by atoms with E-state index in [1.807, 2.05) is 5.92 Å². The largest absolute Gasteiger partial charge is 2.00 e. The molecule has 1 heteroatoms. The minimum atomic E-state index is 0. The molecule has 0 aliphatic carbocycles. The third kappa shape index (κ3) is 10.7. The van der Waals surface area contributed by atoms with Crippen LogP contribution in [0.1, 0.15) is 0 Å². The zero-order valence-corrected chi connectivity index (χ0v) is 5.28. The molecule has 0 aromatic heterocycles. The molecular formula is C6H2Mg. The molecule has 0 spiro atoms. The van der Waals surface area contributed by atoms with E-state index in [0.717, 1.165) is 0 Å². The van der Waals surface area contributed by atoms with Crippen molar-refractivity contribution < 1.29 is 0 Å². The van der Waals surface area contributed by atoms with Gasteiger partial charge in [0.25, 0.3) is 0 Å². The first kappa shape index (κ1) is 9.80. The first-order valence-electron chi connectivity index (χ1n) is 1.37. The number of allylic oxidation sites excluding steroid dienone is 1. The van der Waals surface area contributed by atoms with Crippen molar-refractivity contribution in [2.24, 2.45) is 0 Å². The molecule has 0 heterocycles. The van der Waals surface area contributed by atoms with Crippen LogP contribution in [0.3, 0.4) is 0 Å². The average Bonchev–Trinajstić information content (AvgIpc) is 1.61. The van der Waals surface area contributed by atoms with Gasteiger partial charge < -0.3 is 23.8 Å². The fourth-order valence-electron chi connectivity index (χ4n) is 0.0778. The molecule has 0 radical (unpaired) electrons. The number of hydrogen-bond donors (Lipinski definition) is 0. The van der Waals surface area contributed by atoms with Gasteiger partial charge >= 0.3 is 23.1 Å². The van der Waals surface area contributed by atoms with Gasteiger partial charge in [0, 0.05) is 0 Å². The van der Waals surface area contributed by atoms with Crippen LogP contribution < -0.4 is 0 Å². The summed E-state index contributed by atoms with van der Waals surface area (Å²) in [5.41, 5.74) is 4.38. The van der Waals surface area contributed by atoms with Crippen molar-refractivity contribution in [2.75, 3.05) is 0 Å². The maximum Gasteiger partial charge on any atom is 2.00 e. The molecule has 0 nitrogen and oxygen atoms in total. The Morgan fingerprint density at radius 2 is 2.14 bits per heavy atom. The number of hydrogen-bond acceptors (Lipinski definition) is 0. The van der Waals surface area contributed by atoms with Gasteiger partial charge in [-0.25, -0.2) is 12.7 Å². The summed E-state index contributed by atoms with van der Waals surface area (Å²) >= 11 is 0. The van der Waals surface area contributed by atoms with E-state index < -0.39 is 0 Å². The zero-order valence-electron chi connectivity index (χ0n) is 3.86. The van der Waals surface area contributed by atoms with E-state index in [1.54, 1.807) is 0 Å². The second kappa shape index (κ2) is 9.16. The molecule has 0 aromatic carbocycles. The monoisotopic (exact) mass is 98.0 g/mol. The summed E-state index contributed by atoms with van der Waals surface area (Å²) in [5.74, 6) is 1.94. The number of rotatable bonds is 0. The van der Waals surface area contributed by atoms with Crippen LogP contribution in [-0.2, 0) is 0 Å². The van der Waals surface area contributed by atoms with E-state index in [1.165, 1.54) is 6.08 Å². The Morgan fingerprint density at radius 3 is 2.29 bits per heavy atom. The molecular weight excluding hydrogens is 96.4 g/mol. The Balaban J connectivity index is 0. The standard InChI is InChI=1S/C6H2.Mg/c1-3-5-6-4-2;/h1,6H;/q-2;+2. The molecule has 0 fully saturated rings. The third-order valence-corrected chi connectivity index (χ3v) is 0.228. The van der Waals surface area contributed by atoms with Crippen molar-refractivity contribution in [2.45, 2.75) is 0 Å². The Bertz CT molecular complexity index is 138. The van der Waals surface area contributed by atoms with E-state index in [-0.39, 0.29) is 23.1 Å². The summed E-state index contributed by atoms with van der Waals surface area (Å²) in [6.07, 6.45) is 7.48. The van der Waals surface area contributed by atoms with Crippen LogP contribution in [-0.4, -0.2) is 23.1 Å². The Morgan fingerprint density at radius 1 is 1.57 bits per heavy atom. The second-order valence-corrected chi connectivity index (χ2v) is 0.577. The molecule has 0 amide bonds. The van der Waals surface area contributed by atoms with E-state index in [2.05, 4.69) is 11.5 Å². The molecule has 0 N–H and O–H groups in total. The maximum atomic E-state index is 6.24. The van der Waals surface area contributed by atoms with Crippen molar-refractivity contribution in [3.63, 3.8) is 0 Å². The minimum absolute atomic E-state index is 0. The van der Waals surface area contributed by atoms with E-state index in [0.29, 0.717) is 0 Å². The quantitative estimate of drug-likeness (QED) is 0.179. The van der Waals surface area contributed by atoms with Crippen LogP contribution in [0.2, 0.25) is 0 Å². The van der Waals surface area contributed by atoms with E-state index in [4.69, 9.17) is 13.0 Å². The summed E-state index contributed by atoms with van der Waals surface area (Å²) in [6, 6.07) is 0. The molecule has 0 rings (SSSR count). The van der Waals surface area contributed by atoms with Crippen molar-refractivity contribution in [1.29, 1.82) is 0 Å². The summed E-state index contributed by atoms with van der Waals surface area (Å²) in [5, 5.41) is 0. The molecule has 28 valence electrons. The molecule has 7 heavy (non-hydrogen) atoms. The van der Waals surface area contributed by atoms with Gasteiger partial charge in [0.05, 0.1) is 0 Å². The molecule has 0 unspecified atom stereocenters. The van der Waals surface area contributed by atoms with Crippen LogP contribution >= 0.6 is 0 Å². The summed E-state index contributed by atoms with van der Waals surface area (Å²) in [6.45, 7) is 4.70. The molecule has 0 bridgehead atoms. The Hall–Kier alpha value is -0.374. The molecule has 0 atom stereocenters. The van der Waals surface area contributed by atoms with Gasteiger partial charge in [0.2, 0.25) is 0 Å².